The normalized spacial score (nSPS) is 11.2. The zero-order valence-corrected chi connectivity index (χ0v) is 9.38. The van der Waals surface area contributed by atoms with E-state index >= 15 is 0 Å². The lowest BCUT2D eigenvalue weighted by molar-refractivity contribution is 1.39. The summed E-state index contributed by atoms with van der Waals surface area (Å²) < 4.78 is 0. The average Bonchev–Trinajstić information content (AvgIpc) is 2.20. The molecule has 74 valence electrons. The van der Waals surface area contributed by atoms with Gasteiger partial charge in [-0.2, -0.15) is 0 Å². The molecule has 1 aromatic rings. The van der Waals surface area contributed by atoms with Crippen LogP contribution in [0.2, 0.25) is 0 Å². The predicted octanol–water partition coefficient (Wildman–Crippen LogP) is 4.28. The zero-order valence-electron chi connectivity index (χ0n) is 8.63. The van der Waals surface area contributed by atoms with E-state index in [0.29, 0.717) is 5.88 Å². The molecule has 0 aromatic heterocycles. The lowest BCUT2D eigenvalue weighted by Crippen LogP contribution is -1.84. The maximum atomic E-state index is 5.89. The number of rotatable bonds is 3. The van der Waals surface area contributed by atoms with Crippen LogP contribution in [0, 0.1) is 0 Å². The molecule has 1 rings (SSSR count). The third kappa shape index (κ3) is 3.39. The molecule has 0 unspecified atom stereocenters. The molecular formula is C13H15Cl. The summed E-state index contributed by atoms with van der Waals surface area (Å²) in [6, 6.07) is 10.2. The fraction of sp³-hybridized carbons (Fsp3) is 0.231. The van der Waals surface area contributed by atoms with Gasteiger partial charge in [0.1, 0.15) is 0 Å². The fourth-order valence-corrected chi connectivity index (χ4v) is 1.38. The van der Waals surface area contributed by atoms with E-state index in [1.54, 1.807) is 0 Å². The third-order valence-electron chi connectivity index (χ3n) is 1.91. The number of halogens is 1. The summed E-state index contributed by atoms with van der Waals surface area (Å²) in [5.74, 6) is 0.549. The van der Waals surface area contributed by atoms with Crippen LogP contribution in [-0.2, 0) is 0 Å². The van der Waals surface area contributed by atoms with Crippen molar-refractivity contribution in [3.8, 4) is 0 Å². The molecule has 14 heavy (non-hydrogen) atoms. The molecule has 0 heterocycles. The lowest BCUT2D eigenvalue weighted by Gasteiger charge is -2.01. The average molecular weight is 207 g/mol. The van der Waals surface area contributed by atoms with Crippen molar-refractivity contribution in [1.82, 2.24) is 0 Å². The van der Waals surface area contributed by atoms with E-state index in [1.165, 1.54) is 11.1 Å². The van der Waals surface area contributed by atoms with Gasteiger partial charge < -0.3 is 0 Å². The first-order valence-corrected chi connectivity index (χ1v) is 5.23. The minimum absolute atomic E-state index is 0.549. The van der Waals surface area contributed by atoms with Gasteiger partial charge in [0, 0.05) is 5.88 Å². The molecule has 0 aliphatic carbocycles. The van der Waals surface area contributed by atoms with Crippen molar-refractivity contribution in [2.75, 3.05) is 5.88 Å². The number of benzene rings is 1. The first-order valence-electron chi connectivity index (χ1n) is 4.69. The summed E-state index contributed by atoms with van der Waals surface area (Å²) in [5.41, 5.74) is 3.64. The van der Waals surface area contributed by atoms with Crippen LogP contribution in [0.25, 0.3) is 5.57 Å². The van der Waals surface area contributed by atoms with Crippen molar-refractivity contribution in [2.24, 2.45) is 0 Å². The van der Waals surface area contributed by atoms with Crippen molar-refractivity contribution < 1.29 is 0 Å². The molecular weight excluding hydrogens is 192 g/mol. The van der Waals surface area contributed by atoms with Gasteiger partial charge in [-0.1, -0.05) is 48.1 Å². The highest BCUT2D eigenvalue weighted by atomic mass is 35.5. The largest absolute Gasteiger partial charge is 0.122 e. The highest BCUT2D eigenvalue weighted by Crippen LogP contribution is 2.15. The van der Waals surface area contributed by atoms with Gasteiger partial charge in [0.05, 0.1) is 0 Å². The Morgan fingerprint density at radius 2 is 1.79 bits per heavy atom. The summed E-state index contributed by atoms with van der Waals surface area (Å²) in [5, 5.41) is 0. The highest BCUT2D eigenvalue weighted by Gasteiger charge is 1.96. The van der Waals surface area contributed by atoms with Crippen LogP contribution in [0.15, 0.2) is 48.1 Å². The Hall–Kier alpha value is -1.01. The van der Waals surface area contributed by atoms with E-state index in [4.69, 9.17) is 11.6 Å². The molecule has 0 nitrogen and oxygen atoms in total. The smallest absolute Gasteiger partial charge is 0.0479 e. The van der Waals surface area contributed by atoms with E-state index in [9.17, 15) is 0 Å². The van der Waals surface area contributed by atoms with Gasteiger partial charge in [0.25, 0.3) is 0 Å². The summed E-state index contributed by atoms with van der Waals surface area (Å²) in [7, 11) is 0. The Kier molecular flexibility index (Phi) is 4.48. The van der Waals surface area contributed by atoms with Crippen LogP contribution in [0.1, 0.15) is 19.4 Å². The van der Waals surface area contributed by atoms with Crippen molar-refractivity contribution in [2.45, 2.75) is 13.8 Å². The molecule has 1 aromatic carbocycles. The number of alkyl halides is 1. The molecule has 0 saturated carbocycles. The summed E-state index contributed by atoms with van der Waals surface area (Å²) in [6.45, 7) is 4.15. The maximum Gasteiger partial charge on any atom is 0.0479 e. The number of hydrogen-bond donors (Lipinski definition) is 0. The van der Waals surface area contributed by atoms with Crippen molar-refractivity contribution in [3.05, 3.63) is 53.6 Å². The Bertz CT molecular complexity index is 330. The van der Waals surface area contributed by atoms with Crippen LogP contribution in [0.3, 0.4) is 0 Å². The Labute approximate surface area is 90.9 Å². The standard InChI is InChI=1S/C13H15Cl/c1-11(2)8-9-13(10-14)12-6-4-3-5-7-12/h3-9H,10H2,1-2H3. The SMILES string of the molecule is CC(C)=CC=C(CCl)c1ccccc1. The molecule has 0 amide bonds. The molecule has 0 bridgehead atoms. The third-order valence-corrected chi connectivity index (χ3v) is 2.19. The molecule has 0 saturated heterocycles. The van der Waals surface area contributed by atoms with Gasteiger partial charge in [0.15, 0.2) is 0 Å². The zero-order chi connectivity index (χ0) is 10.4. The van der Waals surface area contributed by atoms with E-state index in [0.717, 1.165) is 5.57 Å². The van der Waals surface area contributed by atoms with E-state index < -0.39 is 0 Å². The number of allylic oxidation sites excluding steroid dienone is 4. The molecule has 1 heteroatoms. The van der Waals surface area contributed by atoms with Crippen LogP contribution in [0.4, 0.5) is 0 Å². The Morgan fingerprint density at radius 1 is 1.14 bits per heavy atom. The Morgan fingerprint density at radius 3 is 2.29 bits per heavy atom. The Balaban J connectivity index is 2.93. The molecule has 0 aliphatic heterocycles. The van der Waals surface area contributed by atoms with E-state index in [2.05, 4.69) is 38.1 Å². The van der Waals surface area contributed by atoms with Gasteiger partial charge in [0.2, 0.25) is 0 Å². The highest BCUT2D eigenvalue weighted by molar-refractivity contribution is 6.23. The van der Waals surface area contributed by atoms with Gasteiger partial charge in [-0.25, -0.2) is 0 Å². The molecule has 0 N–H and O–H groups in total. The molecule has 0 fully saturated rings. The van der Waals surface area contributed by atoms with Crippen LogP contribution in [-0.4, -0.2) is 5.88 Å². The van der Waals surface area contributed by atoms with E-state index in [-0.39, 0.29) is 0 Å². The van der Waals surface area contributed by atoms with Gasteiger partial charge in [-0.3, -0.25) is 0 Å². The summed E-state index contributed by atoms with van der Waals surface area (Å²) >= 11 is 5.89. The van der Waals surface area contributed by atoms with Crippen molar-refractivity contribution in [3.63, 3.8) is 0 Å². The van der Waals surface area contributed by atoms with Gasteiger partial charge in [-0.05, 0) is 25.0 Å². The molecule has 0 atom stereocenters. The van der Waals surface area contributed by atoms with Gasteiger partial charge >= 0.3 is 0 Å². The van der Waals surface area contributed by atoms with Gasteiger partial charge in [-0.15, -0.1) is 11.6 Å². The van der Waals surface area contributed by atoms with E-state index in [1.807, 2.05) is 18.2 Å². The van der Waals surface area contributed by atoms with Crippen molar-refractivity contribution in [1.29, 1.82) is 0 Å². The second-order valence-corrected chi connectivity index (χ2v) is 3.70. The number of hydrogen-bond acceptors (Lipinski definition) is 0. The maximum absolute atomic E-state index is 5.89. The second kappa shape index (κ2) is 5.66. The first-order chi connectivity index (χ1) is 6.74. The second-order valence-electron chi connectivity index (χ2n) is 3.44. The monoisotopic (exact) mass is 206 g/mol. The van der Waals surface area contributed by atoms with Crippen LogP contribution >= 0.6 is 11.6 Å². The molecule has 0 spiro atoms. The van der Waals surface area contributed by atoms with Crippen LogP contribution < -0.4 is 0 Å². The molecule has 0 aliphatic rings. The lowest BCUT2D eigenvalue weighted by atomic mass is 10.1. The topological polar surface area (TPSA) is 0 Å². The minimum Gasteiger partial charge on any atom is -0.122 e. The quantitative estimate of drug-likeness (QED) is 0.512. The van der Waals surface area contributed by atoms with Crippen LogP contribution in [0.5, 0.6) is 0 Å². The first kappa shape index (κ1) is 11.1. The fourth-order valence-electron chi connectivity index (χ4n) is 1.14. The van der Waals surface area contributed by atoms with Crippen molar-refractivity contribution >= 4 is 17.2 Å². The minimum atomic E-state index is 0.549. The summed E-state index contributed by atoms with van der Waals surface area (Å²) in [6.07, 6.45) is 4.17. The predicted molar refractivity (Wildman–Crippen MR) is 64.6 cm³/mol. The summed E-state index contributed by atoms with van der Waals surface area (Å²) in [4.78, 5) is 0. The molecule has 0 radical (unpaired) electrons.